The molecule has 0 heterocycles. The third-order valence-corrected chi connectivity index (χ3v) is 18.6. The van der Waals surface area contributed by atoms with E-state index in [9.17, 15) is 47.9 Å². The summed E-state index contributed by atoms with van der Waals surface area (Å²) in [6.07, 6.45) is -2.00. The number of amides is 4. The zero-order valence-electron chi connectivity index (χ0n) is 49.7. The first kappa shape index (κ1) is 75.4. The van der Waals surface area contributed by atoms with Crippen molar-refractivity contribution in [2.75, 3.05) is 83.8 Å². The topological polar surface area (TPSA) is 256 Å². The van der Waals surface area contributed by atoms with Crippen LogP contribution < -0.4 is 21.3 Å². The quantitative estimate of drug-likeness (QED) is 0.0324. The molecule has 1 aliphatic carbocycles. The molecule has 0 bridgehead atoms. The van der Waals surface area contributed by atoms with Gasteiger partial charge in [-0.3, -0.25) is 24.0 Å². The summed E-state index contributed by atoms with van der Waals surface area (Å²) in [6.45, 7) is 9.44. The average molecular weight is 1220 g/mol. The van der Waals surface area contributed by atoms with Crippen molar-refractivity contribution >= 4 is 162 Å². The van der Waals surface area contributed by atoms with E-state index in [-0.39, 0.29) is 138 Å². The fourth-order valence-electron chi connectivity index (χ4n) is 9.04. The van der Waals surface area contributed by atoms with Crippen molar-refractivity contribution in [1.82, 2.24) is 21.3 Å². The van der Waals surface area contributed by atoms with Crippen molar-refractivity contribution < 1.29 is 66.9 Å². The Bertz CT molecular complexity index is 2710. The number of Topliss-reactive ketones (excluding diaryl/α,β-unsaturated/α-hetero) is 5. The van der Waals surface area contributed by atoms with Crippen LogP contribution in [-0.2, 0) is 62.1 Å². The molecule has 4 N–H and O–H groups in total. The maximum absolute atomic E-state index is 13.7. The number of rotatable bonds is 40. The van der Waals surface area contributed by atoms with Gasteiger partial charge in [-0.15, -0.1) is 0 Å². The summed E-state index contributed by atoms with van der Waals surface area (Å²) in [5.74, 6) is -6.91. The molecule has 0 aromatic heterocycles. The second-order valence-corrected chi connectivity index (χ2v) is 30.6. The van der Waals surface area contributed by atoms with Gasteiger partial charge in [-0.1, -0.05) is 68.5 Å². The average Bonchev–Trinajstić information content (AvgIpc) is 2.01. The van der Waals surface area contributed by atoms with E-state index in [1.807, 2.05) is 48.5 Å². The first-order valence-electron chi connectivity index (χ1n) is 27.8. The van der Waals surface area contributed by atoms with Crippen LogP contribution in [-0.4, -0.2) is 238 Å². The molecule has 2 aromatic rings. The third-order valence-electron chi connectivity index (χ3n) is 13.2. The van der Waals surface area contributed by atoms with Crippen molar-refractivity contribution in [3.63, 3.8) is 0 Å². The number of esters is 1. The Morgan fingerprint density at radius 1 is 0.635 bits per heavy atom. The Hall–Kier alpha value is -3.85. The number of fused-ring (bicyclic) bond motifs is 3. The molecule has 0 saturated heterocycles. The van der Waals surface area contributed by atoms with E-state index in [0.717, 1.165) is 22.3 Å². The molecule has 0 fully saturated rings. The molecule has 2 aromatic carbocycles. The van der Waals surface area contributed by atoms with E-state index in [0.29, 0.717) is 0 Å². The van der Waals surface area contributed by atoms with Crippen LogP contribution in [0.15, 0.2) is 48.5 Å². The zero-order valence-corrected chi connectivity index (χ0v) is 53.2. The molecule has 7 atom stereocenters. The molecule has 1 aliphatic rings. The zero-order chi connectivity index (χ0) is 63.4. The number of benzene rings is 2. The normalized spacial score (nSPS) is 14.4. The van der Waals surface area contributed by atoms with Crippen LogP contribution in [0.5, 0.6) is 0 Å². The van der Waals surface area contributed by atoms with E-state index in [1.165, 1.54) is 12.1 Å². The summed E-state index contributed by atoms with van der Waals surface area (Å²) in [5.41, 5.74) is 3.06. The van der Waals surface area contributed by atoms with Gasteiger partial charge in [0, 0.05) is 49.6 Å². The summed E-state index contributed by atoms with van der Waals surface area (Å²) in [6, 6.07) is 14.3. The van der Waals surface area contributed by atoms with Crippen LogP contribution in [0.2, 0.25) is 0 Å². The molecule has 0 spiro atoms. The van der Waals surface area contributed by atoms with Crippen molar-refractivity contribution in [1.29, 1.82) is 0 Å². The van der Waals surface area contributed by atoms with Crippen LogP contribution in [0, 0.1) is 5.92 Å². The van der Waals surface area contributed by atoms with Gasteiger partial charge >= 0.3 is 186 Å². The van der Waals surface area contributed by atoms with Crippen molar-refractivity contribution in [2.45, 2.75) is 108 Å². The molecular formula is C53H73B10N4O14P3S. The van der Waals surface area contributed by atoms with Crippen molar-refractivity contribution in [2.24, 2.45) is 5.92 Å². The molecule has 32 heteroatoms. The number of hydrogen-bond donors (Lipinski definition) is 4. The Morgan fingerprint density at radius 3 is 1.72 bits per heavy atom. The van der Waals surface area contributed by atoms with Crippen LogP contribution in [0.25, 0.3) is 11.1 Å². The second-order valence-electron chi connectivity index (χ2n) is 21.9. The van der Waals surface area contributed by atoms with E-state index in [4.69, 9.17) is 72.6 Å². The standard InChI is InChI=1S/C53H73B10N4O14P3S/c1-53(2,3)81-51(76)46(67-52(77)80-29-43-41-13-9-7-11-39(41)40-12-8-10-14-42(40)43)21-22-48(73)65-45(20-18-37(70)33-85(61-54,62-55)63(56)57)50(75)64-23-24-78-25-26-79-28-38(71)27-34(15-16-35(68)30-82(4)58)49(74)66-44(47(72)32-84(6)60)19-17-36(69)31-83(5)59/h7-14,34,43-46H,15-33H2,1-6H3,(H,64,75)(H,65,73)(H,66,74)(H,67,77). The molecule has 3 rings (SSSR count). The third kappa shape index (κ3) is 28.0. The van der Waals surface area contributed by atoms with Gasteiger partial charge in [-0.25, -0.2) is 9.59 Å². The van der Waals surface area contributed by atoms with E-state index >= 15 is 0 Å². The maximum atomic E-state index is 13.7. The first-order chi connectivity index (χ1) is 40.1. The molecule has 14 radical (unpaired) electrons. The molecule has 85 heavy (non-hydrogen) atoms. The molecular weight excluding hydrogens is 1150 g/mol. The fraction of sp³-hybridized carbons (Fsp3) is 0.585. The predicted molar refractivity (Wildman–Crippen MR) is 350 cm³/mol. The number of carbonyl (C=O) groups excluding carboxylic acids is 10. The van der Waals surface area contributed by atoms with Gasteiger partial charge < -0.3 is 19.5 Å². The number of ketones is 5. The van der Waals surface area contributed by atoms with Crippen molar-refractivity contribution in [3.8, 4) is 11.1 Å². The Kier molecular flexibility index (Phi) is 34.2. The number of alkyl carbamates (subject to hydrolysis) is 1. The fourth-order valence-corrected chi connectivity index (χ4v) is 12.7. The SMILES string of the molecule is [B]B=S(=B[B])(CC(=O)CCC(NC(=O)CCC(NC(=O)OCC1c2ccccc2-c2ccccc21)C(=O)OC(C)(C)C)C(=O)NCCOCCOCC(=O)CC(CCC(=O)CP([B])C)C(=O)NC(CCC(=O)CP([B])C)C(=O)CP([B])C)B([B])[B]. The molecule has 4 amide bonds. The summed E-state index contributed by atoms with van der Waals surface area (Å²) >= 11 is 0. The van der Waals surface area contributed by atoms with Crippen molar-refractivity contribution in [3.05, 3.63) is 59.7 Å². The van der Waals surface area contributed by atoms with Gasteiger partial charge in [-0.2, -0.15) is 23.4 Å². The van der Waals surface area contributed by atoms with Gasteiger partial charge in [0.05, 0.1) is 12.6 Å². The molecule has 18 nitrogen and oxygen atoms in total. The minimum atomic E-state index is -2.40. The molecule has 0 aliphatic heterocycles. The van der Waals surface area contributed by atoms with Gasteiger partial charge in [0.1, 0.15) is 53.1 Å². The van der Waals surface area contributed by atoms with Gasteiger partial charge in [-0.05, 0) is 55.9 Å². The Morgan fingerprint density at radius 2 is 1.16 bits per heavy atom. The van der Waals surface area contributed by atoms with E-state index in [1.54, 1.807) is 40.8 Å². The monoisotopic (exact) mass is 1220 g/mol. The Labute approximate surface area is 516 Å². The van der Waals surface area contributed by atoms with Gasteiger partial charge in [0.2, 0.25) is 5.91 Å². The first-order valence-corrected chi connectivity index (χ1v) is 36.0. The number of carbonyl (C=O) groups is 10. The van der Waals surface area contributed by atoms with E-state index in [2.05, 4.69) is 21.3 Å². The summed E-state index contributed by atoms with van der Waals surface area (Å²) < 4.78 is 22.4. The van der Waals surface area contributed by atoms with Crippen LogP contribution in [0.3, 0.4) is 0 Å². The molecule has 440 valence electrons. The second kappa shape index (κ2) is 38.5. The van der Waals surface area contributed by atoms with E-state index < -0.39 is 116 Å². The summed E-state index contributed by atoms with van der Waals surface area (Å²) in [7, 11) is 35.5. The summed E-state index contributed by atoms with van der Waals surface area (Å²) in [5, 5.41) is 10.6. The number of nitrogens with one attached hydrogen (secondary N) is 4. The minimum absolute atomic E-state index is 0.00144. The number of ether oxygens (including phenoxy) is 4. The van der Waals surface area contributed by atoms with Gasteiger partial charge in [0.15, 0.2) is 11.6 Å². The van der Waals surface area contributed by atoms with Gasteiger partial charge in [0.25, 0.3) is 0 Å². The Balaban J connectivity index is 1.62. The molecule has 0 saturated carbocycles. The van der Waals surface area contributed by atoms with Crippen LogP contribution in [0.4, 0.5) is 4.79 Å². The van der Waals surface area contributed by atoms with Crippen LogP contribution >= 0.6 is 32.1 Å². The molecule has 7 unspecified atom stereocenters. The summed E-state index contributed by atoms with van der Waals surface area (Å²) in [4.78, 5) is 133. The predicted octanol–water partition coefficient (Wildman–Crippen LogP) is 2.44. The van der Waals surface area contributed by atoms with Crippen LogP contribution in [0.1, 0.15) is 95.6 Å². The number of hydrogen-bond acceptors (Lipinski definition) is 14.